The third-order valence-electron chi connectivity index (χ3n) is 2.54. The minimum absolute atomic E-state index is 0.749. The van der Waals surface area contributed by atoms with Gasteiger partial charge in [0.1, 0.15) is 5.69 Å². The van der Waals surface area contributed by atoms with Gasteiger partial charge in [-0.25, -0.2) is 0 Å². The van der Waals surface area contributed by atoms with Gasteiger partial charge in [-0.2, -0.15) is 5.10 Å². The molecule has 18 heavy (non-hydrogen) atoms. The zero-order valence-electron chi connectivity index (χ0n) is 9.56. The van der Waals surface area contributed by atoms with Crippen molar-refractivity contribution in [2.75, 3.05) is 0 Å². The van der Waals surface area contributed by atoms with Crippen molar-refractivity contribution in [3.05, 3.63) is 61.1 Å². The maximum atomic E-state index is 4.30. The zero-order valence-corrected chi connectivity index (χ0v) is 9.56. The van der Waals surface area contributed by atoms with Crippen molar-refractivity contribution in [2.24, 2.45) is 0 Å². The van der Waals surface area contributed by atoms with Crippen LogP contribution in [0.1, 0.15) is 0 Å². The molecule has 3 heterocycles. The van der Waals surface area contributed by atoms with Gasteiger partial charge in [0, 0.05) is 18.0 Å². The molecule has 0 aromatic carbocycles. The molecular formula is C14H10N4. The van der Waals surface area contributed by atoms with Crippen LogP contribution in [0.5, 0.6) is 0 Å². The van der Waals surface area contributed by atoms with Gasteiger partial charge >= 0.3 is 0 Å². The Morgan fingerprint density at radius 2 is 1.44 bits per heavy atom. The molecule has 0 saturated heterocycles. The predicted octanol–water partition coefficient (Wildman–Crippen LogP) is 2.60. The van der Waals surface area contributed by atoms with Crippen molar-refractivity contribution in [1.29, 1.82) is 0 Å². The summed E-state index contributed by atoms with van der Waals surface area (Å²) in [6.07, 6.45) is 5.20. The summed E-state index contributed by atoms with van der Waals surface area (Å²) in [4.78, 5) is 8.56. The second-order valence-corrected chi connectivity index (χ2v) is 3.76. The van der Waals surface area contributed by atoms with Crippen molar-refractivity contribution in [2.45, 2.75) is 0 Å². The second kappa shape index (κ2) is 4.71. The summed E-state index contributed by atoms with van der Waals surface area (Å²) in [6, 6.07) is 13.4. The van der Waals surface area contributed by atoms with E-state index in [0.717, 1.165) is 22.6 Å². The van der Waals surface area contributed by atoms with Crippen molar-refractivity contribution in [1.82, 2.24) is 20.2 Å². The molecular weight excluding hydrogens is 224 g/mol. The Bertz CT molecular complexity index is 583. The number of rotatable bonds is 2. The van der Waals surface area contributed by atoms with Gasteiger partial charge in [-0.3, -0.25) is 9.97 Å². The lowest BCUT2D eigenvalue weighted by Crippen LogP contribution is -1.91. The largest absolute Gasteiger partial charge is 0.256 e. The summed E-state index contributed by atoms with van der Waals surface area (Å²) >= 11 is 0. The third kappa shape index (κ3) is 2.08. The van der Waals surface area contributed by atoms with E-state index in [2.05, 4.69) is 20.2 Å². The Balaban J connectivity index is 2.05. The summed E-state index contributed by atoms with van der Waals surface area (Å²) in [7, 11) is 0. The number of hydrogen-bond acceptors (Lipinski definition) is 4. The number of hydrogen-bond donors (Lipinski definition) is 0. The summed E-state index contributed by atoms with van der Waals surface area (Å²) in [6.45, 7) is 0. The topological polar surface area (TPSA) is 51.6 Å². The first kappa shape index (κ1) is 10.5. The zero-order chi connectivity index (χ0) is 12.2. The van der Waals surface area contributed by atoms with Gasteiger partial charge in [-0.15, -0.1) is 5.10 Å². The molecule has 0 radical (unpaired) electrons. The fourth-order valence-corrected chi connectivity index (χ4v) is 1.68. The fourth-order valence-electron chi connectivity index (χ4n) is 1.68. The van der Waals surface area contributed by atoms with E-state index in [9.17, 15) is 0 Å². The van der Waals surface area contributed by atoms with Crippen LogP contribution in [0.3, 0.4) is 0 Å². The van der Waals surface area contributed by atoms with Crippen molar-refractivity contribution in [3.8, 4) is 22.6 Å². The van der Waals surface area contributed by atoms with Gasteiger partial charge in [-0.05, 0) is 30.3 Å². The highest BCUT2D eigenvalue weighted by Crippen LogP contribution is 2.20. The average molecular weight is 234 g/mol. The second-order valence-electron chi connectivity index (χ2n) is 3.76. The molecule has 0 fully saturated rings. The van der Waals surface area contributed by atoms with Crippen molar-refractivity contribution in [3.63, 3.8) is 0 Å². The van der Waals surface area contributed by atoms with E-state index in [1.807, 2.05) is 42.5 Å². The van der Waals surface area contributed by atoms with Crippen LogP contribution in [-0.2, 0) is 0 Å². The minimum atomic E-state index is 0.749. The average Bonchev–Trinajstić information content (AvgIpc) is 2.49. The lowest BCUT2D eigenvalue weighted by Gasteiger charge is -2.02. The molecule has 86 valence electrons. The summed E-state index contributed by atoms with van der Waals surface area (Å²) < 4.78 is 0. The molecule has 3 aromatic rings. The van der Waals surface area contributed by atoms with Crippen LogP contribution < -0.4 is 0 Å². The van der Waals surface area contributed by atoms with Crippen molar-refractivity contribution < 1.29 is 0 Å². The fraction of sp³-hybridized carbons (Fsp3) is 0. The van der Waals surface area contributed by atoms with E-state index in [-0.39, 0.29) is 0 Å². The maximum absolute atomic E-state index is 4.30. The van der Waals surface area contributed by atoms with Gasteiger partial charge in [0.05, 0.1) is 17.6 Å². The van der Waals surface area contributed by atoms with Gasteiger partial charge < -0.3 is 0 Å². The lowest BCUT2D eigenvalue weighted by atomic mass is 10.1. The highest BCUT2D eigenvalue weighted by atomic mass is 15.1. The molecule has 0 amide bonds. The van der Waals surface area contributed by atoms with E-state index in [1.165, 1.54) is 0 Å². The van der Waals surface area contributed by atoms with Crippen LogP contribution in [0.2, 0.25) is 0 Å². The molecule has 0 spiro atoms. The SMILES string of the molecule is c1ccc(-c2cnnc(-c3ccccn3)c2)nc1. The Labute approximate surface area is 104 Å². The van der Waals surface area contributed by atoms with Gasteiger partial charge in [0.15, 0.2) is 0 Å². The molecule has 0 saturated carbocycles. The first-order valence-electron chi connectivity index (χ1n) is 5.59. The smallest absolute Gasteiger partial charge is 0.112 e. The number of nitrogens with zero attached hydrogens (tertiary/aromatic N) is 4. The molecule has 3 rings (SSSR count). The van der Waals surface area contributed by atoms with E-state index >= 15 is 0 Å². The van der Waals surface area contributed by atoms with Gasteiger partial charge in [0.2, 0.25) is 0 Å². The molecule has 0 unspecified atom stereocenters. The summed E-state index contributed by atoms with van der Waals surface area (Å²) in [5.74, 6) is 0. The van der Waals surface area contributed by atoms with Crippen LogP contribution in [0, 0.1) is 0 Å². The van der Waals surface area contributed by atoms with Crippen LogP contribution in [0.4, 0.5) is 0 Å². The first-order valence-corrected chi connectivity index (χ1v) is 5.59. The third-order valence-corrected chi connectivity index (χ3v) is 2.54. The van der Waals surface area contributed by atoms with Crippen LogP contribution in [0.25, 0.3) is 22.6 Å². The van der Waals surface area contributed by atoms with Crippen LogP contribution in [0.15, 0.2) is 61.1 Å². The van der Waals surface area contributed by atoms with E-state index in [0.29, 0.717) is 0 Å². The number of aromatic nitrogens is 4. The molecule has 0 bridgehead atoms. The highest BCUT2D eigenvalue weighted by molar-refractivity contribution is 5.64. The van der Waals surface area contributed by atoms with E-state index in [4.69, 9.17) is 0 Å². The molecule has 3 aromatic heterocycles. The van der Waals surface area contributed by atoms with Gasteiger partial charge in [-0.1, -0.05) is 12.1 Å². The Kier molecular flexibility index (Phi) is 2.75. The van der Waals surface area contributed by atoms with E-state index in [1.54, 1.807) is 18.6 Å². The summed E-state index contributed by atoms with van der Waals surface area (Å²) in [5, 5.41) is 8.10. The molecule has 0 atom stereocenters. The Morgan fingerprint density at radius 3 is 2.11 bits per heavy atom. The Hall–Kier alpha value is -2.62. The molecule has 0 N–H and O–H groups in total. The van der Waals surface area contributed by atoms with Gasteiger partial charge in [0.25, 0.3) is 0 Å². The first-order chi connectivity index (χ1) is 8.93. The molecule has 0 aliphatic rings. The highest BCUT2D eigenvalue weighted by Gasteiger charge is 2.04. The number of pyridine rings is 2. The summed E-state index contributed by atoms with van der Waals surface area (Å²) in [5.41, 5.74) is 3.37. The predicted molar refractivity (Wildman–Crippen MR) is 68.5 cm³/mol. The monoisotopic (exact) mass is 234 g/mol. The Morgan fingerprint density at radius 1 is 0.722 bits per heavy atom. The van der Waals surface area contributed by atoms with Crippen molar-refractivity contribution >= 4 is 0 Å². The van der Waals surface area contributed by atoms with E-state index < -0.39 is 0 Å². The molecule has 0 aliphatic carbocycles. The molecule has 4 heteroatoms. The quantitative estimate of drug-likeness (QED) is 0.684. The normalized spacial score (nSPS) is 10.2. The minimum Gasteiger partial charge on any atom is -0.256 e. The molecule has 4 nitrogen and oxygen atoms in total. The maximum Gasteiger partial charge on any atom is 0.112 e. The standard InChI is InChI=1S/C14H10N4/c1-3-7-15-12(5-1)11-9-14(18-17-10-11)13-6-2-4-8-16-13/h1-10H. The van der Waals surface area contributed by atoms with Crippen LogP contribution in [-0.4, -0.2) is 20.2 Å². The van der Waals surface area contributed by atoms with Crippen LogP contribution >= 0.6 is 0 Å². The lowest BCUT2D eigenvalue weighted by molar-refractivity contribution is 1.03. The molecule has 0 aliphatic heterocycles.